The van der Waals surface area contributed by atoms with Gasteiger partial charge in [-0.25, -0.2) is 0 Å². The number of piperazine rings is 1. The minimum atomic E-state index is -0.000521. The first-order chi connectivity index (χ1) is 11.5. The summed E-state index contributed by atoms with van der Waals surface area (Å²) < 4.78 is 0. The molecule has 0 spiro atoms. The maximum atomic E-state index is 12.2. The van der Waals surface area contributed by atoms with Gasteiger partial charge in [-0.05, 0) is 43.4 Å². The number of nitrogens with zero attached hydrogens (tertiary/aromatic N) is 2. The molecule has 2 fully saturated rings. The maximum Gasteiger partial charge on any atom is 0.272 e. The minimum absolute atomic E-state index is 0.000521. The molecule has 1 aliphatic carbocycles. The molecule has 0 unspecified atom stereocenters. The molecule has 2 aromatic heterocycles. The number of likely N-dealkylation sites (N-methyl/N-ethyl adjacent to an activating group) is 1. The molecule has 0 aromatic carbocycles. The number of rotatable bonds is 4. The Kier molecular flexibility index (Phi) is 4.01. The molecule has 0 radical (unpaired) electrons. The molecule has 2 N–H and O–H groups in total. The van der Waals surface area contributed by atoms with Gasteiger partial charge >= 0.3 is 0 Å². The summed E-state index contributed by atoms with van der Waals surface area (Å²) in [6, 6.07) is 2.78. The fourth-order valence-electron chi connectivity index (χ4n) is 4.07. The van der Waals surface area contributed by atoms with Crippen molar-refractivity contribution in [2.45, 2.75) is 45.2 Å². The van der Waals surface area contributed by atoms with E-state index in [1.807, 2.05) is 6.20 Å². The highest BCUT2D eigenvalue weighted by molar-refractivity contribution is 5.83. The Hall–Kier alpha value is -1.59. The van der Waals surface area contributed by atoms with Gasteiger partial charge in [0.2, 0.25) is 0 Å². The van der Waals surface area contributed by atoms with Crippen molar-refractivity contribution in [3.05, 3.63) is 33.9 Å². The number of hydrogen-bond donors (Lipinski definition) is 2. The highest BCUT2D eigenvalue weighted by atomic mass is 16.1. The highest BCUT2D eigenvalue weighted by Crippen LogP contribution is 2.42. The van der Waals surface area contributed by atoms with E-state index in [-0.39, 0.29) is 5.56 Å². The number of nitrogens with one attached hydrogen (secondary N) is 2. The lowest BCUT2D eigenvalue weighted by atomic mass is 9.99. The van der Waals surface area contributed by atoms with E-state index in [1.54, 1.807) is 0 Å². The first kappa shape index (κ1) is 15.9. The molecule has 1 saturated heterocycles. The van der Waals surface area contributed by atoms with Crippen LogP contribution in [-0.2, 0) is 6.54 Å². The van der Waals surface area contributed by atoms with Gasteiger partial charge in [-0.1, -0.05) is 13.8 Å². The van der Waals surface area contributed by atoms with E-state index in [4.69, 9.17) is 0 Å². The van der Waals surface area contributed by atoms with E-state index in [9.17, 15) is 4.79 Å². The topological polar surface area (TPSA) is 55.1 Å². The zero-order chi connectivity index (χ0) is 16.8. The van der Waals surface area contributed by atoms with Crippen LogP contribution in [0.15, 0.2) is 17.1 Å². The fourth-order valence-corrected chi connectivity index (χ4v) is 4.07. The van der Waals surface area contributed by atoms with Crippen molar-refractivity contribution in [2.24, 2.45) is 5.92 Å². The highest BCUT2D eigenvalue weighted by Gasteiger charge is 2.29. The quantitative estimate of drug-likeness (QED) is 0.907. The standard InChI is InChI=1S/C19H28N4O/c1-12(2)17-11-22(3)6-7-23(17)10-14-8-15-16(13-4-5-13)9-20-19(24)18(15)21-14/h8-9,12-13,17,21H,4-7,10-11H2,1-3H3,(H,20,24)/t17-/m1/s1. The van der Waals surface area contributed by atoms with Gasteiger partial charge in [0, 0.05) is 49.5 Å². The molecule has 0 bridgehead atoms. The Balaban J connectivity index is 1.63. The number of fused-ring (bicyclic) bond motifs is 1. The molecular weight excluding hydrogens is 300 g/mol. The van der Waals surface area contributed by atoms with Crippen molar-refractivity contribution >= 4 is 10.9 Å². The van der Waals surface area contributed by atoms with Crippen LogP contribution < -0.4 is 5.56 Å². The summed E-state index contributed by atoms with van der Waals surface area (Å²) in [5.74, 6) is 1.27. The van der Waals surface area contributed by atoms with Gasteiger partial charge in [0.1, 0.15) is 5.52 Å². The summed E-state index contributed by atoms with van der Waals surface area (Å²) in [4.78, 5) is 23.5. The monoisotopic (exact) mass is 328 g/mol. The average molecular weight is 328 g/mol. The van der Waals surface area contributed by atoms with E-state index in [0.29, 0.717) is 17.9 Å². The van der Waals surface area contributed by atoms with Crippen LogP contribution in [-0.4, -0.2) is 52.5 Å². The fraction of sp³-hybridized carbons (Fsp3) is 0.632. The van der Waals surface area contributed by atoms with E-state index < -0.39 is 0 Å². The second kappa shape index (κ2) is 6.05. The molecule has 2 aromatic rings. The van der Waals surface area contributed by atoms with Crippen LogP contribution in [0.5, 0.6) is 0 Å². The van der Waals surface area contributed by atoms with E-state index in [0.717, 1.165) is 37.1 Å². The van der Waals surface area contributed by atoms with Gasteiger partial charge in [-0.15, -0.1) is 0 Å². The zero-order valence-corrected chi connectivity index (χ0v) is 14.9. The number of H-pyrrole nitrogens is 2. The molecule has 2 aliphatic rings. The summed E-state index contributed by atoms with van der Waals surface area (Å²) >= 11 is 0. The molecule has 24 heavy (non-hydrogen) atoms. The lowest BCUT2D eigenvalue weighted by molar-refractivity contribution is 0.0563. The molecule has 1 saturated carbocycles. The Morgan fingerprint density at radius 1 is 1.29 bits per heavy atom. The van der Waals surface area contributed by atoms with Crippen LogP contribution in [0.4, 0.5) is 0 Å². The van der Waals surface area contributed by atoms with Crippen LogP contribution in [0.1, 0.15) is 43.9 Å². The maximum absolute atomic E-state index is 12.2. The van der Waals surface area contributed by atoms with Crippen molar-refractivity contribution in [1.29, 1.82) is 0 Å². The lowest BCUT2D eigenvalue weighted by Crippen LogP contribution is -2.53. The number of aromatic nitrogens is 2. The Morgan fingerprint density at radius 2 is 2.08 bits per heavy atom. The molecule has 3 heterocycles. The minimum Gasteiger partial charge on any atom is -0.353 e. The largest absolute Gasteiger partial charge is 0.353 e. The third kappa shape index (κ3) is 2.91. The Labute approximate surface area is 143 Å². The van der Waals surface area contributed by atoms with E-state index in [1.165, 1.54) is 24.1 Å². The van der Waals surface area contributed by atoms with Crippen LogP contribution in [0, 0.1) is 5.92 Å². The summed E-state index contributed by atoms with van der Waals surface area (Å²) in [7, 11) is 2.21. The third-order valence-electron chi connectivity index (χ3n) is 5.67. The van der Waals surface area contributed by atoms with Crippen molar-refractivity contribution in [3.63, 3.8) is 0 Å². The molecular formula is C19H28N4O. The van der Waals surface area contributed by atoms with Crippen molar-refractivity contribution < 1.29 is 0 Å². The van der Waals surface area contributed by atoms with Gasteiger partial charge in [0.25, 0.3) is 5.56 Å². The Bertz CT molecular complexity index is 786. The lowest BCUT2D eigenvalue weighted by Gasteiger charge is -2.42. The van der Waals surface area contributed by atoms with Crippen LogP contribution in [0.2, 0.25) is 0 Å². The molecule has 1 atom stereocenters. The van der Waals surface area contributed by atoms with Crippen molar-refractivity contribution in [3.8, 4) is 0 Å². The normalized spacial score (nSPS) is 23.4. The SMILES string of the molecule is CC(C)[C@H]1CN(C)CCN1Cc1cc2c(C3CC3)c[nH]c(=O)c2[nH]1. The third-order valence-corrected chi connectivity index (χ3v) is 5.67. The molecule has 5 heteroatoms. The van der Waals surface area contributed by atoms with E-state index in [2.05, 4.69) is 46.7 Å². The first-order valence-corrected chi connectivity index (χ1v) is 9.18. The molecule has 1 aliphatic heterocycles. The number of pyridine rings is 1. The van der Waals surface area contributed by atoms with Crippen LogP contribution in [0.25, 0.3) is 10.9 Å². The van der Waals surface area contributed by atoms with Gasteiger partial charge < -0.3 is 14.9 Å². The van der Waals surface area contributed by atoms with E-state index >= 15 is 0 Å². The number of aromatic amines is 2. The number of hydrogen-bond acceptors (Lipinski definition) is 3. The molecule has 4 rings (SSSR count). The van der Waals surface area contributed by atoms with Gasteiger partial charge in [-0.3, -0.25) is 9.69 Å². The Morgan fingerprint density at radius 3 is 2.79 bits per heavy atom. The van der Waals surface area contributed by atoms with Crippen molar-refractivity contribution in [1.82, 2.24) is 19.8 Å². The first-order valence-electron chi connectivity index (χ1n) is 9.18. The van der Waals surface area contributed by atoms with Gasteiger partial charge in [0.15, 0.2) is 0 Å². The van der Waals surface area contributed by atoms with Crippen LogP contribution >= 0.6 is 0 Å². The van der Waals surface area contributed by atoms with Crippen molar-refractivity contribution in [2.75, 3.05) is 26.7 Å². The van der Waals surface area contributed by atoms with Gasteiger partial charge in [-0.2, -0.15) is 0 Å². The average Bonchev–Trinajstić information content (AvgIpc) is 3.29. The predicted octanol–water partition coefficient (Wildman–Crippen LogP) is 2.51. The van der Waals surface area contributed by atoms with Crippen LogP contribution in [0.3, 0.4) is 0 Å². The molecule has 0 amide bonds. The second-order valence-corrected chi connectivity index (χ2v) is 7.97. The summed E-state index contributed by atoms with van der Waals surface area (Å²) in [6.45, 7) is 8.81. The summed E-state index contributed by atoms with van der Waals surface area (Å²) in [6.07, 6.45) is 4.41. The predicted molar refractivity (Wildman–Crippen MR) is 97.4 cm³/mol. The smallest absolute Gasteiger partial charge is 0.272 e. The second-order valence-electron chi connectivity index (χ2n) is 7.97. The summed E-state index contributed by atoms with van der Waals surface area (Å²) in [5, 5.41) is 1.13. The molecule has 5 nitrogen and oxygen atoms in total. The molecule has 130 valence electrons. The zero-order valence-electron chi connectivity index (χ0n) is 14.9. The summed E-state index contributed by atoms with van der Waals surface area (Å²) in [5.41, 5.74) is 3.23. The van der Waals surface area contributed by atoms with Gasteiger partial charge in [0.05, 0.1) is 0 Å².